The fraction of sp³-hybridized carbons (Fsp3) is 0.0714. The number of rotatable bonds is 4. The van der Waals surface area contributed by atoms with Gasteiger partial charge in [-0.15, -0.1) is 0 Å². The fourth-order valence-electron chi connectivity index (χ4n) is 1.47. The molecule has 0 saturated heterocycles. The summed E-state index contributed by atoms with van der Waals surface area (Å²) in [5.74, 6) is 0.687. The van der Waals surface area contributed by atoms with Crippen molar-refractivity contribution in [3.8, 4) is 5.75 Å². The van der Waals surface area contributed by atoms with E-state index in [1.807, 2.05) is 24.3 Å². The van der Waals surface area contributed by atoms with Gasteiger partial charge in [0.2, 0.25) is 0 Å². The van der Waals surface area contributed by atoms with Crippen LogP contribution in [0.15, 0.2) is 46.9 Å². The van der Waals surface area contributed by atoms with E-state index >= 15 is 0 Å². The minimum Gasteiger partial charge on any atom is -0.489 e. The van der Waals surface area contributed by atoms with Gasteiger partial charge in [0.1, 0.15) is 12.4 Å². The van der Waals surface area contributed by atoms with Gasteiger partial charge in [-0.05, 0) is 40.2 Å². The molecule has 0 aliphatic rings. The molecule has 0 aliphatic heterocycles. The Hall–Kier alpha value is -1.32. The first kappa shape index (κ1) is 13.1. The summed E-state index contributed by atoms with van der Waals surface area (Å²) < 4.78 is 6.34. The molecule has 4 heteroatoms. The van der Waals surface area contributed by atoms with Gasteiger partial charge in [-0.2, -0.15) is 0 Å². The van der Waals surface area contributed by atoms with E-state index in [1.165, 1.54) is 0 Å². The maximum atomic E-state index is 10.7. The summed E-state index contributed by atoms with van der Waals surface area (Å²) in [5, 5.41) is 0.682. The summed E-state index contributed by atoms with van der Waals surface area (Å²) in [4.78, 5) is 10.7. The van der Waals surface area contributed by atoms with Crippen molar-refractivity contribution in [3.63, 3.8) is 0 Å². The topological polar surface area (TPSA) is 26.3 Å². The van der Waals surface area contributed by atoms with Crippen molar-refractivity contribution in [2.45, 2.75) is 6.61 Å². The number of aldehydes is 1. The first-order chi connectivity index (χ1) is 8.70. The minimum absolute atomic E-state index is 0.395. The van der Waals surface area contributed by atoms with Gasteiger partial charge in [-0.1, -0.05) is 29.8 Å². The van der Waals surface area contributed by atoms with Gasteiger partial charge in [0.05, 0.1) is 0 Å². The first-order valence-corrected chi connectivity index (χ1v) is 6.49. The van der Waals surface area contributed by atoms with Crippen molar-refractivity contribution in [1.82, 2.24) is 0 Å². The molecular weight excluding hydrogens is 316 g/mol. The van der Waals surface area contributed by atoms with Crippen LogP contribution in [0.3, 0.4) is 0 Å². The Kier molecular flexibility index (Phi) is 4.39. The minimum atomic E-state index is 0.395. The van der Waals surface area contributed by atoms with Crippen molar-refractivity contribution >= 4 is 33.8 Å². The number of halogens is 2. The average Bonchev–Trinajstić information content (AvgIpc) is 2.38. The van der Waals surface area contributed by atoms with E-state index in [0.717, 1.165) is 11.8 Å². The number of carbonyl (C=O) groups excluding carboxylic acids is 1. The fourth-order valence-corrected chi connectivity index (χ4v) is 2.11. The van der Waals surface area contributed by atoms with E-state index < -0.39 is 0 Å². The lowest BCUT2D eigenvalue weighted by Crippen LogP contribution is -1.96. The van der Waals surface area contributed by atoms with Gasteiger partial charge in [-0.25, -0.2) is 0 Å². The highest BCUT2D eigenvalue weighted by molar-refractivity contribution is 9.10. The molecule has 2 rings (SSSR count). The number of ether oxygens (including phenoxy) is 1. The van der Waals surface area contributed by atoms with Gasteiger partial charge in [0.25, 0.3) is 0 Å². The Morgan fingerprint density at radius 1 is 1.22 bits per heavy atom. The third kappa shape index (κ3) is 3.12. The Bertz CT molecular complexity index is 569. The van der Waals surface area contributed by atoms with Crippen LogP contribution in [-0.4, -0.2) is 6.29 Å². The van der Waals surface area contributed by atoms with Crippen LogP contribution in [0.25, 0.3) is 0 Å². The van der Waals surface area contributed by atoms with Crippen molar-refractivity contribution in [2.75, 3.05) is 0 Å². The molecule has 0 radical (unpaired) electrons. The number of benzene rings is 2. The van der Waals surface area contributed by atoms with Gasteiger partial charge in [0.15, 0.2) is 6.29 Å². The van der Waals surface area contributed by atoms with Crippen LogP contribution in [0.1, 0.15) is 15.9 Å². The van der Waals surface area contributed by atoms with Crippen LogP contribution < -0.4 is 4.74 Å². The Morgan fingerprint density at radius 3 is 2.67 bits per heavy atom. The van der Waals surface area contributed by atoms with E-state index in [-0.39, 0.29) is 0 Å². The smallest absolute Gasteiger partial charge is 0.151 e. The van der Waals surface area contributed by atoms with Crippen LogP contribution >= 0.6 is 27.5 Å². The number of carbonyl (C=O) groups is 1. The highest BCUT2D eigenvalue weighted by Crippen LogP contribution is 2.23. The second-order valence-corrected chi connectivity index (χ2v) is 4.94. The molecule has 0 unspecified atom stereocenters. The zero-order valence-corrected chi connectivity index (χ0v) is 11.7. The van der Waals surface area contributed by atoms with Gasteiger partial charge in [-0.3, -0.25) is 4.79 Å². The molecule has 0 aromatic heterocycles. The number of hydrogen-bond acceptors (Lipinski definition) is 2. The van der Waals surface area contributed by atoms with E-state index in [2.05, 4.69) is 15.9 Å². The van der Waals surface area contributed by atoms with Crippen molar-refractivity contribution in [1.29, 1.82) is 0 Å². The third-order valence-corrected chi connectivity index (χ3v) is 3.51. The second-order valence-electron chi connectivity index (χ2n) is 3.68. The van der Waals surface area contributed by atoms with Crippen LogP contribution in [0.2, 0.25) is 5.02 Å². The molecule has 0 saturated carbocycles. The molecule has 0 atom stereocenters. The molecule has 92 valence electrons. The first-order valence-electron chi connectivity index (χ1n) is 5.31. The lowest BCUT2D eigenvalue weighted by atomic mass is 10.2. The molecule has 0 aliphatic carbocycles. The maximum absolute atomic E-state index is 10.7. The average molecular weight is 326 g/mol. The largest absolute Gasteiger partial charge is 0.489 e. The molecule has 2 aromatic carbocycles. The molecule has 0 heterocycles. The van der Waals surface area contributed by atoms with E-state index in [9.17, 15) is 4.79 Å². The third-order valence-electron chi connectivity index (χ3n) is 2.45. The molecule has 0 bridgehead atoms. The van der Waals surface area contributed by atoms with Crippen molar-refractivity contribution in [3.05, 3.63) is 63.1 Å². The summed E-state index contributed by atoms with van der Waals surface area (Å²) in [6, 6.07) is 12.8. The SMILES string of the molecule is O=Cc1ccc(OCc2ccccc2Cl)cc1Br. The summed E-state index contributed by atoms with van der Waals surface area (Å²) in [7, 11) is 0. The van der Waals surface area contributed by atoms with Crippen LogP contribution in [-0.2, 0) is 6.61 Å². The predicted octanol–water partition coefficient (Wildman–Crippen LogP) is 4.49. The van der Waals surface area contributed by atoms with E-state index in [4.69, 9.17) is 16.3 Å². The molecule has 0 N–H and O–H groups in total. The normalized spacial score (nSPS) is 10.1. The van der Waals surface area contributed by atoms with Gasteiger partial charge >= 0.3 is 0 Å². The zero-order chi connectivity index (χ0) is 13.0. The Morgan fingerprint density at radius 2 is 2.00 bits per heavy atom. The summed E-state index contributed by atoms with van der Waals surface area (Å²) in [6.07, 6.45) is 0.794. The predicted molar refractivity (Wildman–Crippen MR) is 75.3 cm³/mol. The lowest BCUT2D eigenvalue weighted by molar-refractivity contribution is 0.112. The standard InChI is InChI=1S/C14H10BrClO2/c15-13-7-12(6-5-10(13)8-17)18-9-11-3-1-2-4-14(11)16/h1-8H,9H2. The zero-order valence-electron chi connectivity index (χ0n) is 9.40. The monoisotopic (exact) mass is 324 g/mol. The van der Waals surface area contributed by atoms with E-state index in [0.29, 0.717) is 27.4 Å². The van der Waals surface area contributed by atoms with Crippen LogP contribution in [0, 0.1) is 0 Å². The molecule has 2 nitrogen and oxygen atoms in total. The number of hydrogen-bond donors (Lipinski definition) is 0. The summed E-state index contributed by atoms with van der Waals surface area (Å²) in [6.45, 7) is 0.395. The Balaban J connectivity index is 2.09. The molecule has 0 spiro atoms. The van der Waals surface area contributed by atoms with Crippen molar-refractivity contribution < 1.29 is 9.53 Å². The van der Waals surface area contributed by atoms with Crippen LogP contribution in [0.5, 0.6) is 5.75 Å². The molecule has 0 amide bonds. The molecule has 2 aromatic rings. The highest BCUT2D eigenvalue weighted by atomic mass is 79.9. The van der Waals surface area contributed by atoms with Crippen LogP contribution in [0.4, 0.5) is 0 Å². The van der Waals surface area contributed by atoms with Crippen molar-refractivity contribution in [2.24, 2.45) is 0 Å². The molecule has 0 fully saturated rings. The second kappa shape index (κ2) is 6.03. The quantitative estimate of drug-likeness (QED) is 0.774. The Labute approximate surface area is 119 Å². The molecular formula is C14H10BrClO2. The lowest BCUT2D eigenvalue weighted by Gasteiger charge is -2.08. The van der Waals surface area contributed by atoms with E-state index in [1.54, 1.807) is 18.2 Å². The van der Waals surface area contributed by atoms with Gasteiger partial charge < -0.3 is 4.74 Å². The molecule has 18 heavy (non-hydrogen) atoms. The summed E-state index contributed by atoms with van der Waals surface area (Å²) in [5.41, 5.74) is 1.52. The highest BCUT2D eigenvalue weighted by Gasteiger charge is 2.03. The van der Waals surface area contributed by atoms with Gasteiger partial charge in [0, 0.05) is 20.6 Å². The summed E-state index contributed by atoms with van der Waals surface area (Å²) >= 11 is 9.34. The maximum Gasteiger partial charge on any atom is 0.151 e.